The first-order valence-electron chi connectivity index (χ1n) is 7.13. The monoisotopic (exact) mass is 294 g/mol. The molecule has 1 saturated carbocycles. The SMILES string of the molecule is CCOC1CC(CC(Cl)c2ccc3[nH]c(=O)[nH]c3c2)C1. The molecule has 1 fully saturated rings. The zero-order valence-electron chi connectivity index (χ0n) is 11.5. The van der Waals surface area contributed by atoms with E-state index in [0.29, 0.717) is 12.0 Å². The lowest BCUT2D eigenvalue weighted by Crippen LogP contribution is -2.31. The minimum absolute atomic E-state index is 0.00891. The first kappa shape index (κ1) is 13.7. The van der Waals surface area contributed by atoms with Crippen molar-refractivity contribution in [1.29, 1.82) is 0 Å². The Bertz CT molecular complexity index is 643. The molecule has 1 aromatic carbocycles. The fraction of sp³-hybridized carbons (Fsp3) is 0.533. The molecule has 1 aliphatic carbocycles. The number of nitrogens with one attached hydrogen (secondary N) is 2. The molecule has 1 aromatic heterocycles. The molecule has 0 saturated heterocycles. The van der Waals surface area contributed by atoms with Gasteiger partial charge in [0.1, 0.15) is 0 Å². The molecule has 0 amide bonds. The number of fused-ring (bicyclic) bond motifs is 1. The van der Waals surface area contributed by atoms with Crippen LogP contribution in [0.1, 0.15) is 37.1 Å². The van der Waals surface area contributed by atoms with Crippen molar-refractivity contribution in [3.05, 3.63) is 34.2 Å². The van der Waals surface area contributed by atoms with Gasteiger partial charge >= 0.3 is 5.69 Å². The summed E-state index contributed by atoms with van der Waals surface area (Å²) in [6.45, 7) is 2.82. The summed E-state index contributed by atoms with van der Waals surface area (Å²) in [4.78, 5) is 16.7. The van der Waals surface area contributed by atoms with Crippen LogP contribution in [-0.4, -0.2) is 22.7 Å². The highest BCUT2D eigenvalue weighted by atomic mass is 35.5. The third kappa shape index (κ3) is 2.76. The molecule has 0 bridgehead atoms. The lowest BCUT2D eigenvalue weighted by Gasteiger charge is -2.36. The topological polar surface area (TPSA) is 57.9 Å². The van der Waals surface area contributed by atoms with E-state index in [1.807, 2.05) is 25.1 Å². The Labute approximate surface area is 122 Å². The summed E-state index contributed by atoms with van der Waals surface area (Å²) in [5, 5.41) is -0.00891. The van der Waals surface area contributed by atoms with Gasteiger partial charge in [-0.25, -0.2) is 4.79 Å². The summed E-state index contributed by atoms with van der Waals surface area (Å²) < 4.78 is 5.57. The van der Waals surface area contributed by atoms with E-state index in [1.165, 1.54) is 0 Å². The van der Waals surface area contributed by atoms with Crippen LogP contribution in [0.25, 0.3) is 11.0 Å². The zero-order valence-corrected chi connectivity index (χ0v) is 12.2. The highest BCUT2D eigenvalue weighted by Gasteiger charge is 2.31. The quantitative estimate of drug-likeness (QED) is 0.831. The van der Waals surface area contributed by atoms with Gasteiger partial charge in [-0.1, -0.05) is 6.07 Å². The number of aromatic nitrogens is 2. The van der Waals surface area contributed by atoms with Crippen LogP contribution in [0.15, 0.2) is 23.0 Å². The Kier molecular flexibility index (Phi) is 3.85. The number of ether oxygens (including phenoxy) is 1. The standard InChI is InChI=1S/C15H19ClN2O2/c1-2-20-11-5-9(6-11)7-12(16)10-3-4-13-14(8-10)18-15(19)17-13/h3-4,8-9,11-12H,2,5-7H2,1H3,(H2,17,18,19). The molecule has 0 aliphatic heterocycles. The number of halogens is 1. The van der Waals surface area contributed by atoms with Gasteiger partial charge in [-0.05, 0) is 49.8 Å². The molecule has 108 valence electrons. The van der Waals surface area contributed by atoms with Gasteiger partial charge in [-0.15, -0.1) is 11.6 Å². The van der Waals surface area contributed by atoms with E-state index in [9.17, 15) is 4.79 Å². The smallest absolute Gasteiger partial charge is 0.323 e. The maximum atomic E-state index is 11.2. The van der Waals surface area contributed by atoms with Crippen LogP contribution in [0.2, 0.25) is 0 Å². The number of aromatic amines is 2. The molecular weight excluding hydrogens is 276 g/mol. The molecule has 4 nitrogen and oxygen atoms in total. The molecule has 2 N–H and O–H groups in total. The molecule has 5 heteroatoms. The molecule has 3 rings (SSSR count). The minimum atomic E-state index is -0.179. The number of hydrogen-bond donors (Lipinski definition) is 2. The fourth-order valence-electron chi connectivity index (χ4n) is 2.91. The maximum absolute atomic E-state index is 11.2. The zero-order chi connectivity index (χ0) is 14.1. The molecule has 1 heterocycles. The predicted octanol–water partition coefficient (Wildman–Crippen LogP) is 3.34. The molecule has 20 heavy (non-hydrogen) atoms. The van der Waals surface area contributed by atoms with E-state index < -0.39 is 0 Å². The summed E-state index contributed by atoms with van der Waals surface area (Å²) in [7, 11) is 0. The van der Waals surface area contributed by atoms with Crippen LogP contribution in [0.3, 0.4) is 0 Å². The average molecular weight is 295 g/mol. The second-order valence-corrected chi connectivity index (χ2v) is 6.03. The number of benzene rings is 1. The van der Waals surface area contributed by atoms with Crippen molar-refractivity contribution in [2.75, 3.05) is 6.61 Å². The molecule has 1 unspecified atom stereocenters. The largest absolute Gasteiger partial charge is 0.378 e. The third-order valence-electron chi connectivity index (χ3n) is 4.04. The van der Waals surface area contributed by atoms with E-state index >= 15 is 0 Å². The van der Waals surface area contributed by atoms with Crippen molar-refractivity contribution >= 4 is 22.6 Å². The van der Waals surface area contributed by atoms with Crippen LogP contribution in [0.5, 0.6) is 0 Å². The van der Waals surface area contributed by atoms with Gasteiger partial charge in [0.05, 0.1) is 22.5 Å². The fourth-order valence-corrected chi connectivity index (χ4v) is 3.30. The molecule has 1 aliphatic rings. The highest BCUT2D eigenvalue weighted by Crippen LogP contribution is 2.39. The Morgan fingerprint density at radius 1 is 1.35 bits per heavy atom. The molecule has 1 atom stereocenters. The molecule has 2 aromatic rings. The van der Waals surface area contributed by atoms with Gasteiger partial charge in [0.25, 0.3) is 0 Å². The Hall–Kier alpha value is -1.26. The highest BCUT2D eigenvalue weighted by molar-refractivity contribution is 6.20. The summed E-state index contributed by atoms with van der Waals surface area (Å²) in [5.41, 5.74) is 2.53. The summed E-state index contributed by atoms with van der Waals surface area (Å²) in [5.74, 6) is 0.648. The van der Waals surface area contributed by atoms with Crippen LogP contribution in [0.4, 0.5) is 0 Å². The predicted molar refractivity (Wildman–Crippen MR) is 80.3 cm³/mol. The molecule has 0 spiro atoms. The van der Waals surface area contributed by atoms with Crippen LogP contribution >= 0.6 is 11.6 Å². The van der Waals surface area contributed by atoms with Gasteiger partial charge in [-0.3, -0.25) is 0 Å². The van der Waals surface area contributed by atoms with Crippen molar-refractivity contribution in [3.63, 3.8) is 0 Å². The summed E-state index contributed by atoms with van der Waals surface area (Å²) in [6.07, 6.45) is 3.61. The number of H-pyrrole nitrogens is 2. The Balaban J connectivity index is 1.64. The first-order valence-corrected chi connectivity index (χ1v) is 7.57. The van der Waals surface area contributed by atoms with Crippen LogP contribution in [-0.2, 0) is 4.74 Å². The van der Waals surface area contributed by atoms with Gasteiger partial charge in [0.2, 0.25) is 0 Å². The second-order valence-electron chi connectivity index (χ2n) is 5.50. The van der Waals surface area contributed by atoms with Gasteiger partial charge in [0.15, 0.2) is 0 Å². The third-order valence-corrected chi connectivity index (χ3v) is 4.47. The second kappa shape index (κ2) is 5.62. The summed E-state index contributed by atoms with van der Waals surface area (Å²) >= 11 is 6.50. The minimum Gasteiger partial charge on any atom is -0.378 e. The van der Waals surface area contributed by atoms with Crippen molar-refractivity contribution in [2.24, 2.45) is 5.92 Å². The normalized spacial score (nSPS) is 23.7. The van der Waals surface area contributed by atoms with E-state index in [-0.39, 0.29) is 11.1 Å². The Morgan fingerprint density at radius 3 is 2.85 bits per heavy atom. The van der Waals surface area contributed by atoms with Gasteiger partial charge < -0.3 is 14.7 Å². The summed E-state index contributed by atoms with van der Waals surface area (Å²) in [6, 6.07) is 5.85. The van der Waals surface area contributed by atoms with Crippen LogP contribution in [0, 0.1) is 5.92 Å². The van der Waals surface area contributed by atoms with E-state index in [4.69, 9.17) is 16.3 Å². The average Bonchev–Trinajstić information content (AvgIpc) is 2.75. The molecule has 0 radical (unpaired) electrons. The lowest BCUT2D eigenvalue weighted by molar-refractivity contribution is -0.0267. The van der Waals surface area contributed by atoms with Gasteiger partial charge in [0, 0.05) is 6.61 Å². The maximum Gasteiger partial charge on any atom is 0.323 e. The van der Waals surface area contributed by atoms with Gasteiger partial charge in [-0.2, -0.15) is 0 Å². The molecular formula is C15H19ClN2O2. The van der Waals surface area contributed by atoms with E-state index in [2.05, 4.69) is 9.97 Å². The van der Waals surface area contributed by atoms with Crippen molar-refractivity contribution < 1.29 is 4.74 Å². The van der Waals surface area contributed by atoms with Crippen LogP contribution < -0.4 is 5.69 Å². The lowest BCUT2D eigenvalue weighted by atomic mass is 9.78. The van der Waals surface area contributed by atoms with E-state index in [0.717, 1.165) is 42.5 Å². The number of alkyl halides is 1. The van der Waals surface area contributed by atoms with Crippen molar-refractivity contribution in [1.82, 2.24) is 9.97 Å². The van der Waals surface area contributed by atoms with Crippen molar-refractivity contribution in [3.8, 4) is 0 Å². The number of rotatable bonds is 5. The Morgan fingerprint density at radius 2 is 2.10 bits per heavy atom. The first-order chi connectivity index (χ1) is 9.65. The number of imidazole rings is 1. The van der Waals surface area contributed by atoms with E-state index in [1.54, 1.807) is 0 Å². The number of hydrogen-bond acceptors (Lipinski definition) is 2. The van der Waals surface area contributed by atoms with Crippen molar-refractivity contribution in [2.45, 2.75) is 37.7 Å².